The summed E-state index contributed by atoms with van der Waals surface area (Å²) in [5.74, 6) is 0.452. The minimum Gasteiger partial charge on any atom is -0.504 e. The lowest BCUT2D eigenvalue weighted by Crippen LogP contribution is -2.29. The number of aromatic hydroxyl groups is 1. The first-order valence-corrected chi connectivity index (χ1v) is 5.73. The van der Waals surface area contributed by atoms with Crippen molar-refractivity contribution in [3.8, 4) is 17.6 Å². The Balaban J connectivity index is 2.73. The highest BCUT2D eigenvalue weighted by atomic mass is 16.5. The molecule has 0 amide bonds. The molecule has 0 bridgehead atoms. The highest BCUT2D eigenvalue weighted by Crippen LogP contribution is 2.28. The van der Waals surface area contributed by atoms with Gasteiger partial charge in [-0.25, -0.2) is 0 Å². The van der Waals surface area contributed by atoms with Crippen LogP contribution < -0.4 is 10.1 Å². The lowest BCUT2D eigenvalue weighted by Gasteiger charge is -2.15. The predicted molar refractivity (Wildman–Crippen MR) is 69.6 cm³/mol. The average Bonchev–Trinajstić information content (AvgIpc) is 2.35. The molecular weight excluding hydrogens is 230 g/mol. The summed E-state index contributed by atoms with van der Waals surface area (Å²) in [4.78, 5) is 2.04. The fraction of sp³-hybridized carbons (Fsp3) is 0.462. The lowest BCUT2D eigenvalue weighted by atomic mass is 10.1. The van der Waals surface area contributed by atoms with Crippen molar-refractivity contribution in [3.05, 3.63) is 23.8 Å². The number of rotatable bonds is 6. The van der Waals surface area contributed by atoms with E-state index in [4.69, 9.17) is 10.00 Å². The van der Waals surface area contributed by atoms with Gasteiger partial charge in [-0.05, 0) is 31.8 Å². The van der Waals surface area contributed by atoms with Crippen LogP contribution in [0.4, 0.5) is 0 Å². The van der Waals surface area contributed by atoms with Gasteiger partial charge in [-0.15, -0.1) is 0 Å². The van der Waals surface area contributed by atoms with Gasteiger partial charge in [0.25, 0.3) is 0 Å². The van der Waals surface area contributed by atoms with E-state index in [1.807, 2.05) is 19.0 Å². The minimum absolute atomic E-state index is 0.0752. The highest BCUT2D eigenvalue weighted by molar-refractivity contribution is 5.43. The van der Waals surface area contributed by atoms with Crippen molar-refractivity contribution >= 4 is 0 Å². The number of phenolic OH excluding ortho intramolecular Hbond substituents is 1. The van der Waals surface area contributed by atoms with Gasteiger partial charge in [0, 0.05) is 13.1 Å². The third-order valence-corrected chi connectivity index (χ3v) is 2.57. The fourth-order valence-corrected chi connectivity index (χ4v) is 1.54. The number of nitriles is 1. The number of phenols is 1. The van der Waals surface area contributed by atoms with E-state index in [0.29, 0.717) is 12.3 Å². The lowest BCUT2D eigenvalue weighted by molar-refractivity contribution is 0.371. The molecule has 0 saturated carbocycles. The molecule has 0 radical (unpaired) electrons. The summed E-state index contributed by atoms with van der Waals surface area (Å²) in [6, 6.07) is 6.72. The number of methoxy groups -OCH3 is 1. The van der Waals surface area contributed by atoms with Gasteiger partial charge in [0.15, 0.2) is 11.5 Å². The van der Waals surface area contributed by atoms with Gasteiger partial charge >= 0.3 is 0 Å². The Morgan fingerprint density at radius 2 is 2.22 bits per heavy atom. The van der Waals surface area contributed by atoms with Gasteiger partial charge in [-0.3, -0.25) is 5.32 Å². The number of nitrogens with one attached hydrogen (secondary N) is 1. The van der Waals surface area contributed by atoms with Gasteiger partial charge < -0.3 is 14.7 Å². The van der Waals surface area contributed by atoms with Crippen LogP contribution in [0.25, 0.3) is 0 Å². The van der Waals surface area contributed by atoms with Crippen molar-refractivity contribution in [2.75, 3.05) is 34.3 Å². The van der Waals surface area contributed by atoms with Crippen LogP contribution in [0.1, 0.15) is 11.6 Å². The van der Waals surface area contributed by atoms with Crippen molar-refractivity contribution < 1.29 is 9.84 Å². The molecule has 0 heterocycles. The van der Waals surface area contributed by atoms with E-state index in [0.717, 1.165) is 12.1 Å². The van der Waals surface area contributed by atoms with Gasteiger partial charge in [0.05, 0.1) is 13.2 Å². The molecule has 1 rings (SSSR count). The third-order valence-electron chi connectivity index (χ3n) is 2.57. The van der Waals surface area contributed by atoms with E-state index in [2.05, 4.69) is 11.4 Å². The number of hydrogen-bond acceptors (Lipinski definition) is 5. The molecule has 0 spiro atoms. The first kappa shape index (κ1) is 14.3. The quantitative estimate of drug-likeness (QED) is 0.790. The van der Waals surface area contributed by atoms with Crippen molar-refractivity contribution in [3.63, 3.8) is 0 Å². The Hall–Kier alpha value is -1.77. The molecule has 0 aromatic heterocycles. The van der Waals surface area contributed by atoms with Crippen molar-refractivity contribution in [2.24, 2.45) is 0 Å². The number of likely N-dealkylation sites (N-methyl/N-ethyl adjacent to an activating group) is 1. The van der Waals surface area contributed by atoms with Gasteiger partial charge in [-0.1, -0.05) is 6.07 Å². The van der Waals surface area contributed by atoms with Crippen LogP contribution >= 0.6 is 0 Å². The zero-order chi connectivity index (χ0) is 13.5. The first-order chi connectivity index (χ1) is 8.58. The maximum absolute atomic E-state index is 9.50. The second-order valence-corrected chi connectivity index (χ2v) is 4.25. The van der Waals surface area contributed by atoms with E-state index >= 15 is 0 Å². The summed E-state index contributed by atoms with van der Waals surface area (Å²) in [6.45, 7) is 1.57. The van der Waals surface area contributed by atoms with Gasteiger partial charge in [0.1, 0.15) is 6.04 Å². The first-order valence-electron chi connectivity index (χ1n) is 5.73. The Morgan fingerprint density at radius 3 is 2.78 bits per heavy atom. The van der Waals surface area contributed by atoms with Crippen molar-refractivity contribution in [2.45, 2.75) is 6.04 Å². The Morgan fingerprint density at radius 1 is 1.50 bits per heavy atom. The molecule has 2 N–H and O–H groups in total. The molecule has 1 aromatic carbocycles. The number of benzene rings is 1. The van der Waals surface area contributed by atoms with Crippen LogP contribution in [-0.2, 0) is 0 Å². The zero-order valence-electron chi connectivity index (χ0n) is 11.0. The Kier molecular flexibility index (Phi) is 5.43. The summed E-state index contributed by atoms with van der Waals surface area (Å²) in [7, 11) is 5.44. The molecule has 18 heavy (non-hydrogen) atoms. The Labute approximate surface area is 108 Å². The minimum atomic E-state index is -0.403. The standard InChI is InChI=1S/C13H19N3O2/c1-16(2)7-6-15-11(9-14)10-4-5-12(17)13(8-10)18-3/h4-5,8,11,15,17H,6-7H2,1-3H3. The fourth-order valence-electron chi connectivity index (χ4n) is 1.54. The largest absolute Gasteiger partial charge is 0.504 e. The molecule has 0 fully saturated rings. The van der Waals surface area contributed by atoms with Crippen LogP contribution in [0, 0.1) is 11.3 Å². The van der Waals surface area contributed by atoms with Crippen LogP contribution in [0.3, 0.4) is 0 Å². The van der Waals surface area contributed by atoms with E-state index < -0.39 is 6.04 Å². The maximum atomic E-state index is 9.50. The topological polar surface area (TPSA) is 68.5 Å². The van der Waals surface area contributed by atoms with Crippen LogP contribution in [0.2, 0.25) is 0 Å². The molecule has 98 valence electrons. The van der Waals surface area contributed by atoms with E-state index in [-0.39, 0.29) is 5.75 Å². The SMILES string of the molecule is COc1cc(C(C#N)NCCN(C)C)ccc1O. The molecule has 0 aliphatic heterocycles. The zero-order valence-corrected chi connectivity index (χ0v) is 11.0. The van der Waals surface area contributed by atoms with Crippen molar-refractivity contribution in [1.29, 1.82) is 5.26 Å². The molecule has 0 aliphatic rings. The molecule has 1 atom stereocenters. The van der Waals surface area contributed by atoms with Gasteiger partial charge in [0.2, 0.25) is 0 Å². The molecule has 1 aromatic rings. The normalized spacial score (nSPS) is 12.2. The molecule has 0 aliphatic carbocycles. The van der Waals surface area contributed by atoms with Crippen LogP contribution in [0.5, 0.6) is 11.5 Å². The van der Waals surface area contributed by atoms with E-state index in [9.17, 15) is 5.11 Å². The summed E-state index contributed by atoms with van der Waals surface area (Å²) in [5, 5.41) is 21.8. The van der Waals surface area contributed by atoms with E-state index in [1.54, 1.807) is 12.1 Å². The smallest absolute Gasteiger partial charge is 0.160 e. The second kappa shape index (κ2) is 6.84. The maximum Gasteiger partial charge on any atom is 0.160 e. The molecular formula is C13H19N3O2. The highest BCUT2D eigenvalue weighted by Gasteiger charge is 2.12. The molecule has 1 unspecified atom stereocenters. The van der Waals surface area contributed by atoms with Crippen molar-refractivity contribution in [1.82, 2.24) is 10.2 Å². The monoisotopic (exact) mass is 249 g/mol. The van der Waals surface area contributed by atoms with Gasteiger partial charge in [-0.2, -0.15) is 5.26 Å². The number of hydrogen-bond donors (Lipinski definition) is 2. The second-order valence-electron chi connectivity index (χ2n) is 4.25. The molecule has 0 saturated heterocycles. The summed E-state index contributed by atoms with van der Waals surface area (Å²) in [5.41, 5.74) is 0.783. The number of ether oxygens (including phenoxy) is 1. The van der Waals surface area contributed by atoms with Crippen LogP contribution in [0.15, 0.2) is 18.2 Å². The van der Waals surface area contributed by atoms with Crippen LogP contribution in [-0.4, -0.2) is 44.3 Å². The molecule has 5 heteroatoms. The summed E-state index contributed by atoms with van der Waals surface area (Å²) < 4.78 is 5.03. The third kappa shape index (κ3) is 3.91. The average molecular weight is 249 g/mol. The summed E-state index contributed by atoms with van der Waals surface area (Å²) in [6.07, 6.45) is 0. The Bertz CT molecular complexity index is 427. The van der Waals surface area contributed by atoms with E-state index in [1.165, 1.54) is 13.2 Å². The molecule has 5 nitrogen and oxygen atoms in total. The number of nitrogens with zero attached hydrogens (tertiary/aromatic N) is 2. The predicted octanol–water partition coefficient (Wildman–Crippen LogP) is 1.12. The summed E-state index contributed by atoms with van der Waals surface area (Å²) >= 11 is 0.